The molecular formula is C13H14OS. The first-order chi connectivity index (χ1) is 7.27. The van der Waals surface area contributed by atoms with Crippen LogP contribution in [-0.2, 0) is 5.60 Å². The van der Waals surface area contributed by atoms with Crippen molar-refractivity contribution in [1.82, 2.24) is 0 Å². The van der Waals surface area contributed by atoms with Crippen molar-refractivity contribution in [2.45, 2.75) is 18.9 Å². The fraction of sp³-hybridized carbons (Fsp3) is 0.231. The summed E-state index contributed by atoms with van der Waals surface area (Å²) in [5.41, 5.74) is 1.12. The molecule has 0 bridgehead atoms. The largest absolute Gasteiger partial charge is 0.380 e. The summed E-state index contributed by atoms with van der Waals surface area (Å²) in [6.45, 7) is 2.00. The molecule has 15 heavy (non-hydrogen) atoms. The summed E-state index contributed by atoms with van der Waals surface area (Å²) in [5, 5.41) is 14.7. The van der Waals surface area contributed by atoms with E-state index in [1.807, 2.05) is 54.1 Å². The Kier molecular flexibility index (Phi) is 2.89. The summed E-state index contributed by atoms with van der Waals surface area (Å²) in [4.78, 5) is 0. The Morgan fingerprint density at radius 1 is 1.13 bits per heavy atom. The maximum Gasteiger partial charge on any atom is 0.115 e. The quantitative estimate of drug-likeness (QED) is 0.837. The number of aliphatic hydroxyl groups is 1. The van der Waals surface area contributed by atoms with Crippen molar-refractivity contribution >= 4 is 11.3 Å². The third kappa shape index (κ3) is 1.83. The summed E-state index contributed by atoms with van der Waals surface area (Å²) >= 11 is 1.62. The van der Waals surface area contributed by atoms with Crippen molar-refractivity contribution in [3.05, 3.63) is 58.3 Å². The predicted molar refractivity (Wildman–Crippen MR) is 64.1 cm³/mol. The van der Waals surface area contributed by atoms with Crippen molar-refractivity contribution in [1.29, 1.82) is 0 Å². The lowest BCUT2D eigenvalue weighted by Gasteiger charge is -2.26. The molecule has 0 aliphatic heterocycles. The molecule has 1 aromatic heterocycles. The average Bonchev–Trinajstić information content (AvgIpc) is 2.83. The highest BCUT2D eigenvalue weighted by atomic mass is 32.1. The molecule has 0 amide bonds. The molecule has 0 saturated heterocycles. The first-order valence-electron chi connectivity index (χ1n) is 5.08. The Balaban J connectivity index is 2.47. The summed E-state index contributed by atoms with van der Waals surface area (Å²) in [5.74, 6) is 0. The van der Waals surface area contributed by atoms with Crippen LogP contribution in [0, 0.1) is 0 Å². The molecule has 0 spiro atoms. The summed E-state index contributed by atoms with van der Waals surface area (Å²) < 4.78 is 0. The average molecular weight is 218 g/mol. The van der Waals surface area contributed by atoms with Gasteiger partial charge in [0.15, 0.2) is 0 Å². The number of thiophene rings is 1. The van der Waals surface area contributed by atoms with Crippen molar-refractivity contribution in [3.8, 4) is 0 Å². The van der Waals surface area contributed by atoms with Crippen molar-refractivity contribution < 1.29 is 5.11 Å². The van der Waals surface area contributed by atoms with E-state index in [9.17, 15) is 5.11 Å². The molecule has 78 valence electrons. The smallest absolute Gasteiger partial charge is 0.115 e. The molecular weight excluding hydrogens is 204 g/mol. The second-order valence-corrected chi connectivity index (χ2v) is 4.37. The van der Waals surface area contributed by atoms with Crippen molar-refractivity contribution in [2.24, 2.45) is 0 Å². The van der Waals surface area contributed by atoms with Crippen LogP contribution < -0.4 is 0 Å². The van der Waals surface area contributed by atoms with Crippen molar-refractivity contribution in [3.63, 3.8) is 0 Å². The van der Waals surface area contributed by atoms with Gasteiger partial charge in [-0.1, -0.05) is 37.3 Å². The highest BCUT2D eigenvalue weighted by Gasteiger charge is 2.29. The zero-order chi connectivity index (χ0) is 10.7. The standard InChI is InChI=1S/C13H14OS/c1-2-13(14,12-8-9-15-10-12)11-6-4-3-5-7-11/h3-10,14H,2H2,1H3. The van der Waals surface area contributed by atoms with Gasteiger partial charge in [-0.2, -0.15) is 11.3 Å². The molecule has 2 aromatic rings. The first-order valence-corrected chi connectivity index (χ1v) is 6.02. The lowest BCUT2D eigenvalue weighted by Crippen LogP contribution is -2.25. The minimum absolute atomic E-state index is 0.688. The molecule has 1 unspecified atom stereocenters. The van der Waals surface area contributed by atoms with Gasteiger partial charge in [-0.15, -0.1) is 0 Å². The van der Waals surface area contributed by atoms with Crippen LogP contribution in [0.1, 0.15) is 24.5 Å². The summed E-state index contributed by atoms with van der Waals surface area (Å²) in [6, 6.07) is 11.8. The molecule has 1 aromatic carbocycles. The van der Waals surface area contributed by atoms with Crippen LogP contribution in [0.3, 0.4) is 0 Å². The van der Waals surface area contributed by atoms with E-state index < -0.39 is 5.60 Å². The zero-order valence-corrected chi connectivity index (χ0v) is 9.50. The van der Waals surface area contributed by atoms with E-state index >= 15 is 0 Å². The van der Waals surface area contributed by atoms with Gasteiger partial charge in [0.25, 0.3) is 0 Å². The Morgan fingerprint density at radius 2 is 1.87 bits per heavy atom. The fourth-order valence-corrected chi connectivity index (χ4v) is 2.51. The van der Waals surface area contributed by atoms with Crippen LogP contribution in [0.4, 0.5) is 0 Å². The van der Waals surface area contributed by atoms with Gasteiger partial charge in [-0.05, 0) is 34.4 Å². The van der Waals surface area contributed by atoms with E-state index in [4.69, 9.17) is 0 Å². The van der Waals surface area contributed by atoms with E-state index in [1.165, 1.54) is 0 Å². The topological polar surface area (TPSA) is 20.2 Å². The normalized spacial score (nSPS) is 14.8. The van der Waals surface area contributed by atoms with Gasteiger partial charge in [0.05, 0.1) is 0 Å². The molecule has 0 radical (unpaired) electrons. The van der Waals surface area contributed by atoms with E-state index in [1.54, 1.807) is 11.3 Å². The summed E-state index contributed by atoms with van der Waals surface area (Å²) in [6.07, 6.45) is 0.688. The van der Waals surface area contributed by atoms with Gasteiger partial charge in [0, 0.05) is 0 Å². The Bertz CT molecular complexity index is 407. The van der Waals surface area contributed by atoms with E-state index in [2.05, 4.69) is 0 Å². The second-order valence-electron chi connectivity index (χ2n) is 3.59. The highest BCUT2D eigenvalue weighted by molar-refractivity contribution is 7.08. The molecule has 0 saturated carbocycles. The number of hydrogen-bond acceptors (Lipinski definition) is 2. The molecule has 0 aliphatic rings. The Morgan fingerprint density at radius 3 is 2.40 bits per heavy atom. The molecule has 0 fully saturated rings. The van der Waals surface area contributed by atoms with Gasteiger partial charge in [-0.25, -0.2) is 0 Å². The van der Waals surface area contributed by atoms with Crippen LogP contribution in [0.15, 0.2) is 47.2 Å². The molecule has 2 rings (SSSR count). The van der Waals surface area contributed by atoms with E-state index in [0.29, 0.717) is 6.42 Å². The maximum atomic E-state index is 10.7. The van der Waals surface area contributed by atoms with Gasteiger partial charge >= 0.3 is 0 Å². The molecule has 2 heteroatoms. The van der Waals surface area contributed by atoms with Gasteiger partial charge < -0.3 is 5.11 Å². The van der Waals surface area contributed by atoms with Gasteiger partial charge in [0.1, 0.15) is 5.60 Å². The van der Waals surface area contributed by atoms with Gasteiger partial charge in [-0.3, -0.25) is 0 Å². The highest BCUT2D eigenvalue weighted by Crippen LogP contribution is 2.33. The van der Waals surface area contributed by atoms with Crippen LogP contribution in [0.25, 0.3) is 0 Å². The third-order valence-electron chi connectivity index (χ3n) is 2.76. The lowest BCUT2D eigenvalue weighted by molar-refractivity contribution is 0.0770. The van der Waals surface area contributed by atoms with E-state index in [0.717, 1.165) is 11.1 Å². The maximum absolute atomic E-state index is 10.7. The summed E-state index contributed by atoms with van der Waals surface area (Å²) in [7, 11) is 0. The fourth-order valence-electron chi connectivity index (χ4n) is 1.79. The molecule has 1 N–H and O–H groups in total. The second kappa shape index (κ2) is 4.17. The lowest BCUT2D eigenvalue weighted by atomic mass is 9.86. The van der Waals surface area contributed by atoms with Gasteiger partial charge in [0.2, 0.25) is 0 Å². The molecule has 1 atom stereocenters. The zero-order valence-electron chi connectivity index (χ0n) is 8.68. The predicted octanol–water partition coefficient (Wildman–Crippen LogP) is 3.39. The van der Waals surface area contributed by atoms with Crippen LogP contribution in [0.5, 0.6) is 0 Å². The number of rotatable bonds is 3. The molecule has 1 heterocycles. The third-order valence-corrected chi connectivity index (χ3v) is 3.44. The number of hydrogen-bond donors (Lipinski definition) is 1. The SMILES string of the molecule is CCC(O)(c1ccccc1)c1ccsc1. The molecule has 1 nitrogen and oxygen atoms in total. The van der Waals surface area contributed by atoms with Crippen LogP contribution in [0.2, 0.25) is 0 Å². The Labute approximate surface area is 94.0 Å². The van der Waals surface area contributed by atoms with Crippen LogP contribution >= 0.6 is 11.3 Å². The minimum Gasteiger partial charge on any atom is -0.380 e. The minimum atomic E-state index is -0.832. The Hall–Kier alpha value is -1.12. The van der Waals surface area contributed by atoms with Crippen molar-refractivity contribution in [2.75, 3.05) is 0 Å². The number of benzene rings is 1. The molecule has 0 aliphatic carbocycles. The first kappa shape index (κ1) is 10.4. The van der Waals surface area contributed by atoms with E-state index in [-0.39, 0.29) is 0 Å². The monoisotopic (exact) mass is 218 g/mol. The van der Waals surface area contributed by atoms with Crippen LogP contribution in [-0.4, -0.2) is 5.11 Å².